The fourth-order valence-electron chi connectivity index (χ4n) is 3.08. The van der Waals surface area contributed by atoms with Crippen LogP contribution in [0.25, 0.3) is 0 Å². The van der Waals surface area contributed by atoms with Crippen molar-refractivity contribution >= 4 is 21.9 Å². The summed E-state index contributed by atoms with van der Waals surface area (Å²) in [6, 6.07) is 16.3. The molecule has 0 amide bonds. The van der Waals surface area contributed by atoms with Gasteiger partial charge in [0.05, 0.1) is 6.61 Å². The molecule has 0 spiro atoms. The molecule has 0 aliphatic carbocycles. The summed E-state index contributed by atoms with van der Waals surface area (Å²) >= 11 is 3.51. The minimum absolute atomic E-state index is 0.128. The topological polar surface area (TPSA) is 29.5 Å². The highest BCUT2D eigenvalue weighted by molar-refractivity contribution is 9.10. The lowest BCUT2D eigenvalue weighted by atomic mass is 9.93. The molecule has 4 heteroatoms. The summed E-state index contributed by atoms with van der Waals surface area (Å²) in [7, 11) is 0. The first-order valence-corrected chi connectivity index (χ1v) is 8.68. The third kappa shape index (κ3) is 3.82. The van der Waals surface area contributed by atoms with Crippen LogP contribution in [0, 0.1) is 0 Å². The SMILES string of the molecule is CCOC(=O)C1Cc2ccccc2CN1Cc1cccc(Br)c1. The monoisotopic (exact) mass is 373 g/mol. The molecule has 0 saturated carbocycles. The molecule has 1 heterocycles. The maximum atomic E-state index is 12.4. The molecule has 23 heavy (non-hydrogen) atoms. The highest BCUT2D eigenvalue weighted by Crippen LogP contribution is 2.26. The quantitative estimate of drug-likeness (QED) is 0.760. The van der Waals surface area contributed by atoms with Crippen molar-refractivity contribution in [1.82, 2.24) is 4.90 Å². The Morgan fingerprint density at radius 3 is 2.74 bits per heavy atom. The molecule has 1 unspecified atom stereocenters. The van der Waals surface area contributed by atoms with Gasteiger partial charge in [0, 0.05) is 17.6 Å². The summed E-state index contributed by atoms with van der Waals surface area (Å²) in [6.45, 7) is 3.78. The lowest BCUT2D eigenvalue weighted by molar-refractivity contribution is -0.150. The van der Waals surface area contributed by atoms with Gasteiger partial charge in [-0.25, -0.2) is 0 Å². The van der Waals surface area contributed by atoms with Crippen LogP contribution in [-0.4, -0.2) is 23.5 Å². The van der Waals surface area contributed by atoms with Gasteiger partial charge in [0.1, 0.15) is 6.04 Å². The predicted octanol–water partition coefficient (Wildman–Crippen LogP) is 3.94. The van der Waals surface area contributed by atoms with Crippen molar-refractivity contribution in [1.29, 1.82) is 0 Å². The Kier molecular flexibility index (Phi) is 5.13. The number of ether oxygens (including phenoxy) is 1. The number of carbonyl (C=O) groups excluding carboxylic acids is 1. The zero-order valence-corrected chi connectivity index (χ0v) is 14.8. The molecule has 0 fully saturated rings. The van der Waals surface area contributed by atoms with Gasteiger partial charge in [-0.1, -0.05) is 52.3 Å². The predicted molar refractivity (Wildman–Crippen MR) is 94.0 cm³/mol. The van der Waals surface area contributed by atoms with Crippen molar-refractivity contribution in [2.45, 2.75) is 32.5 Å². The fourth-order valence-corrected chi connectivity index (χ4v) is 3.53. The molecular weight excluding hydrogens is 354 g/mol. The zero-order valence-electron chi connectivity index (χ0n) is 13.2. The summed E-state index contributed by atoms with van der Waals surface area (Å²) in [4.78, 5) is 14.6. The lowest BCUT2D eigenvalue weighted by Crippen LogP contribution is -2.45. The van der Waals surface area contributed by atoms with E-state index in [1.165, 1.54) is 16.7 Å². The van der Waals surface area contributed by atoms with E-state index in [4.69, 9.17) is 4.74 Å². The van der Waals surface area contributed by atoms with Gasteiger partial charge in [0.25, 0.3) is 0 Å². The van der Waals surface area contributed by atoms with Crippen LogP contribution in [0.2, 0.25) is 0 Å². The molecule has 3 rings (SSSR count). The van der Waals surface area contributed by atoms with Gasteiger partial charge in [-0.2, -0.15) is 0 Å². The van der Waals surface area contributed by atoms with Gasteiger partial charge in [-0.15, -0.1) is 0 Å². The molecule has 2 aromatic carbocycles. The van der Waals surface area contributed by atoms with Crippen LogP contribution in [0.5, 0.6) is 0 Å². The van der Waals surface area contributed by atoms with Crippen LogP contribution >= 0.6 is 15.9 Å². The van der Waals surface area contributed by atoms with E-state index in [-0.39, 0.29) is 12.0 Å². The highest BCUT2D eigenvalue weighted by atomic mass is 79.9. The standard InChI is InChI=1S/C19H20BrNO2/c1-2-23-19(22)18-11-15-7-3-4-8-16(15)13-21(18)12-14-6-5-9-17(20)10-14/h3-10,18H,2,11-13H2,1H3. The van der Waals surface area contributed by atoms with E-state index in [2.05, 4.69) is 51.2 Å². The van der Waals surface area contributed by atoms with E-state index in [1.807, 2.05) is 25.1 Å². The second kappa shape index (κ2) is 7.28. The van der Waals surface area contributed by atoms with E-state index >= 15 is 0 Å². The van der Waals surface area contributed by atoms with Crippen LogP contribution in [-0.2, 0) is 29.0 Å². The van der Waals surface area contributed by atoms with E-state index in [0.717, 1.165) is 17.6 Å². The largest absolute Gasteiger partial charge is 0.465 e. The molecule has 0 aromatic heterocycles. The number of halogens is 1. The molecule has 1 aliphatic heterocycles. The van der Waals surface area contributed by atoms with E-state index in [1.54, 1.807) is 0 Å². The van der Waals surface area contributed by atoms with Crippen molar-refractivity contribution in [2.75, 3.05) is 6.61 Å². The molecule has 3 nitrogen and oxygen atoms in total. The van der Waals surface area contributed by atoms with Gasteiger partial charge in [-0.05, 0) is 42.2 Å². The first-order chi connectivity index (χ1) is 11.2. The zero-order chi connectivity index (χ0) is 16.2. The Hall–Kier alpha value is -1.65. The number of carbonyl (C=O) groups is 1. The molecule has 0 bridgehead atoms. The lowest BCUT2D eigenvalue weighted by Gasteiger charge is -2.35. The van der Waals surface area contributed by atoms with Crippen molar-refractivity contribution in [3.63, 3.8) is 0 Å². The number of hydrogen-bond donors (Lipinski definition) is 0. The Morgan fingerprint density at radius 2 is 2.00 bits per heavy atom. The molecule has 0 saturated heterocycles. The highest BCUT2D eigenvalue weighted by Gasteiger charge is 2.32. The van der Waals surface area contributed by atoms with Crippen LogP contribution in [0.1, 0.15) is 23.6 Å². The second-order valence-electron chi connectivity index (χ2n) is 5.78. The van der Waals surface area contributed by atoms with Gasteiger partial charge in [0.15, 0.2) is 0 Å². The van der Waals surface area contributed by atoms with Crippen LogP contribution < -0.4 is 0 Å². The summed E-state index contributed by atoms with van der Waals surface area (Å²) in [5.41, 5.74) is 3.73. The smallest absolute Gasteiger partial charge is 0.323 e. The summed E-state index contributed by atoms with van der Waals surface area (Å²) in [5.74, 6) is -0.128. The van der Waals surface area contributed by atoms with E-state index in [0.29, 0.717) is 13.0 Å². The molecular formula is C19H20BrNO2. The number of hydrogen-bond acceptors (Lipinski definition) is 3. The van der Waals surface area contributed by atoms with Gasteiger partial charge in [0.2, 0.25) is 0 Å². The van der Waals surface area contributed by atoms with Crippen LogP contribution in [0.3, 0.4) is 0 Å². The third-order valence-electron chi connectivity index (χ3n) is 4.18. The summed E-state index contributed by atoms with van der Waals surface area (Å²) in [6.07, 6.45) is 0.711. The maximum Gasteiger partial charge on any atom is 0.323 e. The fraction of sp³-hybridized carbons (Fsp3) is 0.316. The summed E-state index contributed by atoms with van der Waals surface area (Å²) in [5, 5.41) is 0. The molecule has 1 aliphatic rings. The van der Waals surface area contributed by atoms with E-state index in [9.17, 15) is 4.79 Å². The first kappa shape index (κ1) is 16.2. The van der Waals surface area contributed by atoms with Crippen molar-refractivity contribution < 1.29 is 9.53 Å². The average molecular weight is 374 g/mol. The average Bonchev–Trinajstić information content (AvgIpc) is 2.54. The van der Waals surface area contributed by atoms with Crippen molar-refractivity contribution in [3.05, 3.63) is 69.7 Å². The minimum atomic E-state index is -0.219. The molecule has 0 N–H and O–H groups in total. The molecule has 2 aromatic rings. The third-order valence-corrected chi connectivity index (χ3v) is 4.67. The minimum Gasteiger partial charge on any atom is -0.465 e. The number of benzene rings is 2. The first-order valence-electron chi connectivity index (χ1n) is 7.89. The van der Waals surface area contributed by atoms with E-state index < -0.39 is 0 Å². The van der Waals surface area contributed by atoms with Gasteiger partial charge < -0.3 is 4.74 Å². The van der Waals surface area contributed by atoms with Crippen molar-refractivity contribution in [3.8, 4) is 0 Å². The number of rotatable bonds is 4. The van der Waals surface area contributed by atoms with Crippen LogP contribution in [0.4, 0.5) is 0 Å². The Bertz CT molecular complexity index is 701. The van der Waals surface area contributed by atoms with Crippen molar-refractivity contribution in [2.24, 2.45) is 0 Å². The Morgan fingerprint density at radius 1 is 1.22 bits per heavy atom. The normalized spacial score (nSPS) is 17.6. The number of esters is 1. The summed E-state index contributed by atoms with van der Waals surface area (Å²) < 4.78 is 6.35. The Balaban J connectivity index is 1.86. The second-order valence-corrected chi connectivity index (χ2v) is 6.69. The number of fused-ring (bicyclic) bond motifs is 1. The maximum absolute atomic E-state index is 12.4. The molecule has 1 atom stereocenters. The van der Waals surface area contributed by atoms with Gasteiger partial charge in [-0.3, -0.25) is 9.69 Å². The van der Waals surface area contributed by atoms with Crippen LogP contribution in [0.15, 0.2) is 53.0 Å². The number of nitrogens with zero attached hydrogens (tertiary/aromatic N) is 1. The van der Waals surface area contributed by atoms with Gasteiger partial charge >= 0.3 is 5.97 Å². The molecule has 0 radical (unpaired) electrons. The Labute approximate surface area is 145 Å². The molecule has 120 valence electrons.